The molecule has 0 aliphatic rings. The van der Waals surface area contributed by atoms with E-state index < -0.39 is 17.3 Å². The normalized spacial score (nSPS) is 11.0. The zero-order valence-corrected chi connectivity index (χ0v) is 14.6. The molecule has 0 unspecified atom stereocenters. The third-order valence-electron chi connectivity index (χ3n) is 4.15. The second-order valence-electron chi connectivity index (χ2n) is 5.79. The third-order valence-corrected chi connectivity index (χ3v) is 5.02. The van der Waals surface area contributed by atoms with Crippen LogP contribution < -0.4 is 5.56 Å². The van der Waals surface area contributed by atoms with E-state index in [1.54, 1.807) is 42.7 Å². The Morgan fingerprint density at radius 2 is 1.93 bits per heavy atom. The Hall–Kier alpha value is -3.39. The van der Waals surface area contributed by atoms with Gasteiger partial charge in [-0.3, -0.25) is 14.3 Å². The van der Waals surface area contributed by atoms with Gasteiger partial charge < -0.3 is 5.11 Å². The van der Waals surface area contributed by atoms with Crippen molar-refractivity contribution in [2.45, 2.75) is 6.54 Å². The van der Waals surface area contributed by atoms with Crippen LogP contribution in [0.25, 0.3) is 21.6 Å². The van der Waals surface area contributed by atoms with Gasteiger partial charge in [-0.2, -0.15) is 0 Å². The molecule has 134 valence electrons. The van der Waals surface area contributed by atoms with Gasteiger partial charge in [0.2, 0.25) is 0 Å². The van der Waals surface area contributed by atoms with Crippen LogP contribution in [0.1, 0.15) is 15.9 Å². The van der Waals surface area contributed by atoms with E-state index in [9.17, 15) is 19.1 Å². The highest BCUT2D eigenvalue weighted by Crippen LogP contribution is 2.26. The Bertz CT molecular complexity index is 1220. The van der Waals surface area contributed by atoms with E-state index in [1.165, 1.54) is 16.0 Å². The highest BCUT2D eigenvalue weighted by Gasteiger charge is 2.21. The van der Waals surface area contributed by atoms with E-state index in [2.05, 4.69) is 9.97 Å². The minimum absolute atomic E-state index is 0.0293. The van der Waals surface area contributed by atoms with Crippen LogP contribution in [-0.4, -0.2) is 25.6 Å². The first-order chi connectivity index (χ1) is 13.1. The van der Waals surface area contributed by atoms with E-state index in [0.29, 0.717) is 21.8 Å². The maximum absolute atomic E-state index is 14.2. The lowest BCUT2D eigenvalue weighted by Crippen LogP contribution is -2.25. The van der Waals surface area contributed by atoms with Gasteiger partial charge >= 0.3 is 5.97 Å². The van der Waals surface area contributed by atoms with Crippen LogP contribution in [0.2, 0.25) is 0 Å². The molecule has 3 aromatic heterocycles. The third kappa shape index (κ3) is 3.00. The Morgan fingerprint density at radius 3 is 2.63 bits per heavy atom. The quantitative estimate of drug-likeness (QED) is 0.586. The van der Waals surface area contributed by atoms with Gasteiger partial charge in [0.05, 0.1) is 17.5 Å². The van der Waals surface area contributed by atoms with Crippen LogP contribution >= 0.6 is 11.3 Å². The number of rotatable bonds is 4. The molecule has 4 rings (SSSR count). The maximum atomic E-state index is 14.2. The number of nitrogens with zero attached hydrogens (tertiary/aromatic N) is 3. The van der Waals surface area contributed by atoms with Crippen molar-refractivity contribution in [1.82, 2.24) is 14.5 Å². The average molecular weight is 381 g/mol. The van der Waals surface area contributed by atoms with Crippen molar-refractivity contribution in [3.05, 3.63) is 81.5 Å². The van der Waals surface area contributed by atoms with Crippen molar-refractivity contribution < 1.29 is 14.3 Å². The minimum Gasteiger partial charge on any atom is -0.478 e. The number of carboxylic acids is 1. The SMILES string of the molecule is O=C(O)c1csc2nc(-c3ccncc3)n(Cc3ccccc3F)c(=O)c12. The first kappa shape index (κ1) is 17.0. The maximum Gasteiger partial charge on any atom is 0.337 e. The van der Waals surface area contributed by atoms with Gasteiger partial charge in [0.1, 0.15) is 16.5 Å². The Kier molecular flexibility index (Phi) is 4.25. The molecular weight excluding hydrogens is 369 g/mol. The molecule has 0 bridgehead atoms. The number of carboxylic acid groups (broad SMARTS) is 1. The number of hydrogen-bond donors (Lipinski definition) is 1. The van der Waals surface area contributed by atoms with Crippen molar-refractivity contribution in [2.24, 2.45) is 0 Å². The number of pyridine rings is 1. The Labute approximate surface area is 156 Å². The molecule has 0 radical (unpaired) electrons. The summed E-state index contributed by atoms with van der Waals surface area (Å²) in [5, 5.41) is 10.8. The van der Waals surface area contributed by atoms with Crippen molar-refractivity contribution in [3.8, 4) is 11.4 Å². The summed E-state index contributed by atoms with van der Waals surface area (Å²) in [5.74, 6) is -1.32. The molecule has 0 aliphatic heterocycles. The lowest BCUT2D eigenvalue weighted by Gasteiger charge is -2.13. The average Bonchev–Trinajstić information content (AvgIpc) is 3.11. The van der Waals surface area contributed by atoms with Gasteiger partial charge in [0.25, 0.3) is 5.56 Å². The highest BCUT2D eigenvalue weighted by atomic mass is 32.1. The number of benzene rings is 1. The number of aromatic carboxylic acids is 1. The topological polar surface area (TPSA) is 85.1 Å². The molecule has 6 nitrogen and oxygen atoms in total. The fourth-order valence-electron chi connectivity index (χ4n) is 2.85. The largest absolute Gasteiger partial charge is 0.478 e. The van der Waals surface area contributed by atoms with Gasteiger partial charge in [-0.05, 0) is 18.2 Å². The van der Waals surface area contributed by atoms with Crippen LogP contribution in [0.5, 0.6) is 0 Å². The summed E-state index contributed by atoms with van der Waals surface area (Å²) in [7, 11) is 0. The van der Waals surface area contributed by atoms with E-state index in [0.717, 1.165) is 11.3 Å². The molecule has 0 saturated heterocycles. The molecule has 1 aromatic carbocycles. The summed E-state index contributed by atoms with van der Waals surface area (Å²) in [6.45, 7) is -0.0684. The van der Waals surface area contributed by atoms with Gasteiger partial charge in [0.15, 0.2) is 0 Å². The molecule has 0 aliphatic carbocycles. The van der Waals surface area contributed by atoms with Gasteiger partial charge in [0, 0.05) is 28.9 Å². The molecule has 0 spiro atoms. The highest BCUT2D eigenvalue weighted by molar-refractivity contribution is 7.17. The van der Waals surface area contributed by atoms with E-state index in [-0.39, 0.29) is 17.5 Å². The number of fused-ring (bicyclic) bond motifs is 1. The first-order valence-electron chi connectivity index (χ1n) is 7.95. The predicted octanol–water partition coefficient (Wildman–Crippen LogP) is 3.41. The second kappa shape index (κ2) is 6.73. The molecule has 8 heteroatoms. The summed E-state index contributed by atoms with van der Waals surface area (Å²) in [5.41, 5.74) is 0.318. The molecule has 0 amide bonds. The molecule has 1 N–H and O–H groups in total. The van der Waals surface area contributed by atoms with Crippen LogP contribution in [0.15, 0.2) is 59.0 Å². The van der Waals surface area contributed by atoms with Crippen molar-refractivity contribution >= 4 is 27.5 Å². The summed E-state index contributed by atoms with van der Waals surface area (Å²) < 4.78 is 15.5. The number of hydrogen-bond acceptors (Lipinski definition) is 5. The minimum atomic E-state index is -1.20. The van der Waals surface area contributed by atoms with Crippen molar-refractivity contribution in [2.75, 3.05) is 0 Å². The predicted molar refractivity (Wildman–Crippen MR) is 99.6 cm³/mol. The second-order valence-corrected chi connectivity index (χ2v) is 6.65. The summed E-state index contributed by atoms with van der Waals surface area (Å²) in [6.07, 6.45) is 3.13. The van der Waals surface area contributed by atoms with Crippen LogP contribution in [-0.2, 0) is 6.54 Å². The van der Waals surface area contributed by atoms with Gasteiger partial charge in [-0.15, -0.1) is 11.3 Å². The van der Waals surface area contributed by atoms with E-state index in [4.69, 9.17) is 0 Å². The number of halogens is 1. The summed E-state index contributed by atoms with van der Waals surface area (Å²) >= 11 is 1.09. The van der Waals surface area contributed by atoms with Crippen LogP contribution in [0.3, 0.4) is 0 Å². The zero-order chi connectivity index (χ0) is 19.0. The number of carbonyl (C=O) groups is 1. The Balaban J connectivity index is 2.02. The van der Waals surface area contributed by atoms with Gasteiger partial charge in [-0.1, -0.05) is 18.2 Å². The molecule has 0 saturated carbocycles. The van der Waals surface area contributed by atoms with Crippen LogP contribution in [0, 0.1) is 5.82 Å². The summed E-state index contributed by atoms with van der Waals surface area (Å²) in [4.78, 5) is 33.4. The van der Waals surface area contributed by atoms with Crippen LogP contribution in [0.4, 0.5) is 4.39 Å². The van der Waals surface area contributed by atoms with Crippen molar-refractivity contribution in [3.63, 3.8) is 0 Å². The van der Waals surface area contributed by atoms with E-state index in [1.807, 2.05) is 0 Å². The molecule has 3 heterocycles. The molecular formula is C19H12FN3O3S. The lowest BCUT2D eigenvalue weighted by molar-refractivity contribution is 0.0699. The molecule has 4 aromatic rings. The van der Waals surface area contributed by atoms with E-state index >= 15 is 0 Å². The monoisotopic (exact) mass is 381 g/mol. The van der Waals surface area contributed by atoms with Crippen molar-refractivity contribution in [1.29, 1.82) is 0 Å². The first-order valence-corrected chi connectivity index (χ1v) is 8.83. The standard InChI is InChI=1S/C19H12FN3O3S/c20-14-4-2-1-3-12(14)9-23-16(11-5-7-21-8-6-11)22-17-15(18(23)24)13(10-27-17)19(25)26/h1-8,10H,9H2,(H,25,26). The lowest BCUT2D eigenvalue weighted by atomic mass is 10.1. The molecule has 0 atom stereocenters. The number of aromatic nitrogens is 3. The summed E-state index contributed by atoms with van der Waals surface area (Å²) in [6, 6.07) is 9.51. The van der Waals surface area contributed by atoms with Gasteiger partial charge in [-0.25, -0.2) is 14.2 Å². The zero-order valence-electron chi connectivity index (χ0n) is 13.8. The fraction of sp³-hybridized carbons (Fsp3) is 0.0526. The molecule has 0 fully saturated rings. The smallest absolute Gasteiger partial charge is 0.337 e. The Morgan fingerprint density at radius 1 is 1.19 bits per heavy atom. The number of thiophene rings is 1. The fourth-order valence-corrected chi connectivity index (χ4v) is 3.75. The molecule has 27 heavy (non-hydrogen) atoms.